The highest BCUT2D eigenvalue weighted by Crippen LogP contribution is 2.35. The lowest BCUT2D eigenvalue weighted by Gasteiger charge is -2.27. The number of aliphatic carboxylic acids is 1. The van der Waals surface area contributed by atoms with Crippen LogP contribution in [0.3, 0.4) is 0 Å². The van der Waals surface area contributed by atoms with Gasteiger partial charge in [0.25, 0.3) is 0 Å². The SMILES string of the molecule is O=C(O)C1CCc2cc(Cl)ccc2C1O. The predicted molar refractivity (Wildman–Crippen MR) is 55.9 cm³/mol. The van der Waals surface area contributed by atoms with Gasteiger partial charge in [-0.15, -0.1) is 0 Å². The van der Waals surface area contributed by atoms with E-state index in [0.29, 0.717) is 23.4 Å². The van der Waals surface area contributed by atoms with E-state index in [2.05, 4.69) is 0 Å². The van der Waals surface area contributed by atoms with Crippen molar-refractivity contribution in [3.8, 4) is 0 Å². The predicted octanol–water partition coefficient (Wildman–Crippen LogP) is 2.02. The fourth-order valence-electron chi connectivity index (χ4n) is 2.02. The minimum atomic E-state index is -0.942. The van der Waals surface area contributed by atoms with E-state index in [0.717, 1.165) is 5.56 Å². The summed E-state index contributed by atoms with van der Waals surface area (Å²) in [6, 6.07) is 5.17. The average Bonchev–Trinajstić information content (AvgIpc) is 2.17. The summed E-state index contributed by atoms with van der Waals surface area (Å²) in [5, 5.41) is 19.4. The third-order valence-corrected chi connectivity index (χ3v) is 3.08. The molecule has 0 aromatic heterocycles. The smallest absolute Gasteiger partial charge is 0.309 e. The maximum Gasteiger partial charge on any atom is 0.309 e. The van der Waals surface area contributed by atoms with E-state index in [-0.39, 0.29) is 0 Å². The fourth-order valence-corrected chi connectivity index (χ4v) is 2.22. The highest BCUT2D eigenvalue weighted by Gasteiger charge is 2.32. The van der Waals surface area contributed by atoms with Crippen LogP contribution in [0.15, 0.2) is 18.2 Å². The molecule has 3 nitrogen and oxygen atoms in total. The Bertz CT molecular complexity index is 403. The van der Waals surface area contributed by atoms with Crippen molar-refractivity contribution in [2.75, 3.05) is 0 Å². The topological polar surface area (TPSA) is 57.5 Å². The van der Waals surface area contributed by atoms with Crippen LogP contribution >= 0.6 is 11.6 Å². The molecule has 80 valence electrons. The molecule has 0 saturated heterocycles. The Kier molecular flexibility index (Phi) is 2.67. The van der Waals surface area contributed by atoms with Crippen LogP contribution in [0, 0.1) is 5.92 Å². The van der Waals surface area contributed by atoms with E-state index < -0.39 is 18.0 Å². The molecule has 4 heteroatoms. The molecule has 0 saturated carbocycles. The Morgan fingerprint density at radius 1 is 1.47 bits per heavy atom. The Labute approximate surface area is 92.3 Å². The van der Waals surface area contributed by atoms with Crippen LogP contribution in [-0.4, -0.2) is 16.2 Å². The van der Waals surface area contributed by atoms with Crippen molar-refractivity contribution in [3.63, 3.8) is 0 Å². The normalized spacial score (nSPS) is 24.7. The van der Waals surface area contributed by atoms with Crippen LogP contribution in [0.1, 0.15) is 23.7 Å². The molecule has 2 rings (SSSR count). The van der Waals surface area contributed by atoms with Gasteiger partial charge < -0.3 is 10.2 Å². The van der Waals surface area contributed by atoms with Gasteiger partial charge in [-0.3, -0.25) is 4.79 Å². The van der Waals surface area contributed by atoms with Crippen molar-refractivity contribution in [2.45, 2.75) is 18.9 Å². The van der Waals surface area contributed by atoms with Crippen LogP contribution in [0.2, 0.25) is 5.02 Å². The van der Waals surface area contributed by atoms with E-state index in [4.69, 9.17) is 16.7 Å². The van der Waals surface area contributed by atoms with Crippen molar-refractivity contribution < 1.29 is 15.0 Å². The number of halogens is 1. The molecule has 2 atom stereocenters. The number of hydrogen-bond acceptors (Lipinski definition) is 2. The van der Waals surface area contributed by atoms with Gasteiger partial charge in [-0.25, -0.2) is 0 Å². The first kappa shape index (κ1) is 10.5. The van der Waals surface area contributed by atoms with Gasteiger partial charge in [-0.05, 0) is 36.1 Å². The minimum absolute atomic E-state index is 0.462. The monoisotopic (exact) mass is 226 g/mol. The second-order valence-corrected chi connectivity index (χ2v) is 4.21. The Hall–Kier alpha value is -1.06. The molecule has 1 aromatic carbocycles. The molecule has 0 bridgehead atoms. The first-order valence-electron chi connectivity index (χ1n) is 4.79. The van der Waals surface area contributed by atoms with Crippen molar-refractivity contribution in [1.82, 2.24) is 0 Å². The summed E-state index contributed by atoms with van der Waals surface area (Å²) in [7, 11) is 0. The number of benzene rings is 1. The van der Waals surface area contributed by atoms with Gasteiger partial charge in [-0.2, -0.15) is 0 Å². The molecule has 0 fully saturated rings. The molecule has 0 radical (unpaired) electrons. The molecular formula is C11H11ClO3. The number of carboxylic acids is 1. The second-order valence-electron chi connectivity index (χ2n) is 3.77. The van der Waals surface area contributed by atoms with Gasteiger partial charge in [0.15, 0.2) is 0 Å². The van der Waals surface area contributed by atoms with Crippen molar-refractivity contribution in [2.24, 2.45) is 5.92 Å². The molecular weight excluding hydrogens is 216 g/mol. The largest absolute Gasteiger partial charge is 0.481 e. The highest BCUT2D eigenvalue weighted by atomic mass is 35.5. The molecule has 0 amide bonds. The van der Waals surface area contributed by atoms with Gasteiger partial charge in [0.1, 0.15) is 0 Å². The lowest BCUT2D eigenvalue weighted by Crippen LogP contribution is -2.27. The maximum absolute atomic E-state index is 10.9. The molecule has 2 unspecified atom stereocenters. The molecule has 0 aliphatic heterocycles. The first-order valence-corrected chi connectivity index (χ1v) is 5.16. The summed E-state index contributed by atoms with van der Waals surface area (Å²) in [6.07, 6.45) is 0.205. The Morgan fingerprint density at radius 3 is 2.87 bits per heavy atom. The number of rotatable bonds is 1. The molecule has 2 N–H and O–H groups in total. The van der Waals surface area contributed by atoms with E-state index in [1.165, 1.54) is 0 Å². The van der Waals surface area contributed by atoms with Crippen LogP contribution in [0.5, 0.6) is 0 Å². The third-order valence-electron chi connectivity index (χ3n) is 2.85. The van der Waals surface area contributed by atoms with Crippen LogP contribution in [-0.2, 0) is 11.2 Å². The van der Waals surface area contributed by atoms with E-state index >= 15 is 0 Å². The van der Waals surface area contributed by atoms with Gasteiger partial charge >= 0.3 is 5.97 Å². The Morgan fingerprint density at radius 2 is 2.20 bits per heavy atom. The van der Waals surface area contributed by atoms with Gasteiger partial charge in [0, 0.05) is 5.02 Å². The zero-order chi connectivity index (χ0) is 11.0. The third kappa shape index (κ3) is 1.85. The van der Waals surface area contributed by atoms with E-state index in [9.17, 15) is 9.90 Å². The van der Waals surface area contributed by atoms with Crippen molar-refractivity contribution in [1.29, 1.82) is 0 Å². The number of aryl methyl sites for hydroxylation is 1. The molecule has 1 aliphatic rings. The summed E-state index contributed by atoms with van der Waals surface area (Å²) in [5.41, 5.74) is 1.64. The summed E-state index contributed by atoms with van der Waals surface area (Å²) in [6.45, 7) is 0. The molecule has 15 heavy (non-hydrogen) atoms. The zero-order valence-electron chi connectivity index (χ0n) is 7.98. The average molecular weight is 227 g/mol. The first-order chi connectivity index (χ1) is 7.09. The summed E-state index contributed by atoms with van der Waals surface area (Å²) in [5.74, 6) is -1.64. The second kappa shape index (κ2) is 3.83. The minimum Gasteiger partial charge on any atom is -0.481 e. The van der Waals surface area contributed by atoms with Crippen molar-refractivity contribution >= 4 is 17.6 Å². The van der Waals surface area contributed by atoms with Gasteiger partial charge in [-0.1, -0.05) is 17.7 Å². The lowest BCUT2D eigenvalue weighted by atomic mass is 9.81. The zero-order valence-corrected chi connectivity index (χ0v) is 8.74. The number of carboxylic acid groups (broad SMARTS) is 1. The summed E-state index contributed by atoms with van der Waals surface area (Å²) in [4.78, 5) is 10.9. The van der Waals surface area contributed by atoms with Crippen molar-refractivity contribution in [3.05, 3.63) is 34.3 Å². The summed E-state index contributed by atoms with van der Waals surface area (Å²) >= 11 is 5.83. The quantitative estimate of drug-likeness (QED) is 0.770. The van der Waals surface area contributed by atoms with Crippen LogP contribution in [0.4, 0.5) is 0 Å². The Balaban J connectivity index is 2.38. The van der Waals surface area contributed by atoms with E-state index in [1.807, 2.05) is 0 Å². The van der Waals surface area contributed by atoms with E-state index in [1.54, 1.807) is 18.2 Å². The molecule has 0 spiro atoms. The lowest BCUT2D eigenvalue weighted by molar-refractivity contribution is -0.146. The maximum atomic E-state index is 10.9. The molecule has 1 aromatic rings. The number of hydrogen-bond donors (Lipinski definition) is 2. The summed E-state index contributed by atoms with van der Waals surface area (Å²) < 4.78 is 0. The molecule has 0 heterocycles. The standard InChI is InChI=1S/C11H11ClO3/c12-7-2-4-8-6(5-7)1-3-9(10(8)13)11(14)15/h2,4-5,9-10,13H,1,3H2,(H,14,15). The highest BCUT2D eigenvalue weighted by molar-refractivity contribution is 6.30. The van der Waals surface area contributed by atoms with Gasteiger partial charge in [0.2, 0.25) is 0 Å². The number of fused-ring (bicyclic) bond motifs is 1. The van der Waals surface area contributed by atoms with Gasteiger partial charge in [0.05, 0.1) is 12.0 Å². The number of aliphatic hydroxyl groups is 1. The van der Waals surface area contributed by atoms with Crippen LogP contribution in [0.25, 0.3) is 0 Å². The van der Waals surface area contributed by atoms with Crippen LogP contribution < -0.4 is 0 Å². The fraction of sp³-hybridized carbons (Fsp3) is 0.364. The molecule has 1 aliphatic carbocycles. The number of aliphatic hydroxyl groups excluding tert-OH is 1. The number of carbonyl (C=O) groups is 1.